The van der Waals surface area contributed by atoms with Gasteiger partial charge in [0.25, 0.3) is 0 Å². The molecule has 0 amide bonds. The zero-order valence-electron chi connectivity index (χ0n) is 20.7. The predicted molar refractivity (Wildman–Crippen MR) is 155 cm³/mol. The van der Waals surface area contributed by atoms with E-state index in [0.29, 0.717) is 5.92 Å². The van der Waals surface area contributed by atoms with Crippen molar-refractivity contribution in [3.63, 3.8) is 0 Å². The molecule has 3 heterocycles. The number of benzene rings is 2. The van der Waals surface area contributed by atoms with Crippen molar-refractivity contribution < 1.29 is 0 Å². The molecule has 0 atom stereocenters. The highest BCUT2D eigenvalue weighted by Crippen LogP contribution is 2.43. The third-order valence-electron chi connectivity index (χ3n) is 6.48. The first-order chi connectivity index (χ1) is 16.1. The van der Waals surface area contributed by atoms with Crippen molar-refractivity contribution in [1.29, 1.82) is 0 Å². The summed E-state index contributed by atoms with van der Waals surface area (Å²) in [6.45, 7) is 13.7. The summed E-state index contributed by atoms with van der Waals surface area (Å²) < 4.78 is 2.72. The Kier molecular flexibility index (Phi) is 6.12. The molecule has 0 N–H and O–H groups in total. The van der Waals surface area contributed by atoms with Crippen LogP contribution in [0.25, 0.3) is 42.6 Å². The molecule has 5 rings (SSSR count). The maximum Gasteiger partial charge on any atom is 0.0841 e. The molecular formula is C30H31NS3. The Morgan fingerprint density at radius 1 is 1.00 bits per heavy atom. The zero-order valence-corrected chi connectivity index (χ0v) is 23.2. The second-order valence-electron chi connectivity index (χ2n) is 10.6. The third kappa shape index (κ3) is 4.10. The lowest BCUT2D eigenvalue weighted by Crippen LogP contribution is -2.11. The van der Waals surface area contributed by atoms with Gasteiger partial charge < -0.3 is 0 Å². The third-order valence-corrected chi connectivity index (χ3v) is 9.09. The van der Waals surface area contributed by atoms with Crippen LogP contribution in [-0.2, 0) is 11.8 Å². The summed E-state index contributed by atoms with van der Waals surface area (Å²) in [7, 11) is 0. The number of aromatic nitrogens is 1. The average molecular weight is 502 g/mol. The number of thiophene rings is 2. The van der Waals surface area contributed by atoms with E-state index >= 15 is 0 Å². The van der Waals surface area contributed by atoms with Gasteiger partial charge in [-0.25, -0.2) is 0 Å². The minimum absolute atomic E-state index is 0.0559. The first kappa shape index (κ1) is 23.6. The van der Waals surface area contributed by atoms with Gasteiger partial charge in [0.15, 0.2) is 0 Å². The smallest absolute Gasteiger partial charge is 0.0841 e. The Morgan fingerprint density at radius 2 is 1.79 bits per heavy atom. The van der Waals surface area contributed by atoms with Gasteiger partial charge in [0, 0.05) is 42.1 Å². The minimum Gasteiger partial charge on any atom is -0.255 e. The molecule has 0 unspecified atom stereocenters. The number of nitrogens with zero attached hydrogens (tertiary/aromatic N) is 1. The van der Waals surface area contributed by atoms with E-state index in [1.54, 1.807) is 0 Å². The summed E-state index contributed by atoms with van der Waals surface area (Å²) in [6.07, 6.45) is 3.05. The molecule has 0 bridgehead atoms. The maximum absolute atomic E-state index is 5.08. The van der Waals surface area contributed by atoms with E-state index in [4.69, 9.17) is 17.6 Å². The van der Waals surface area contributed by atoms with Crippen molar-refractivity contribution in [3.05, 3.63) is 70.0 Å². The van der Waals surface area contributed by atoms with Gasteiger partial charge in [-0.2, -0.15) is 0 Å². The topological polar surface area (TPSA) is 12.9 Å². The Bertz CT molecular complexity index is 1510. The molecule has 0 fully saturated rings. The fourth-order valence-electron chi connectivity index (χ4n) is 4.82. The Balaban J connectivity index is 1.70. The largest absolute Gasteiger partial charge is 0.255 e. The van der Waals surface area contributed by atoms with Crippen LogP contribution in [0.3, 0.4) is 0 Å². The molecule has 174 valence electrons. The standard InChI is InChI=1S/C30H31NS3/c1-17(2)14-24-18(3)34-29-22(8-7-9-23(24)29)21-10-12-31-26(27(21)32)20-15-19-11-13-33-28(19)25(16-20)30(4,5)6/h7-13,15-17,32H,14H2,1-6H3. The predicted octanol–water partition coefficient (Wildman–Crippen LogP) is 9.94. The van der Waals surface area contributed by atoms with Crippen LogP contribution in [0.4, 0.5) is 0 Å². The molecule has 34 heavy (non-hydrogen) atoms. The zero-order chi connectivity index (χ0) is 24.2. The number of pyridine rings is 1. The lowest BCUT2D eigenvalue weighted by atomic mass is 9.85. The number of thiol groups is 1. The van der Waals surface area contributed by atoms with Gasteiger partial charge in [-0.15, -0.1) is 35.3 Å². The number of hydrogen-bond donors (Lipinski definition) is 1. The molecule has 2 aromatic carbocycles. The molecule has 0 aliphatic carbocycles. The fraction of sp³-hybridized carbons (Fsp3) is 0.300. The molecule has 0 saturated heterocycles. The normalized spacial score (nSPS) is 12.4. The Hall–Kier alpha value is -2.14. The number of aryl methyl sites for hydroxylation is 1. The summed E-state index contributed by atoms with van der Waals surface area (Å²) in [5.41, 5.74) is 7.40. The van der Waals surface area contributed by atoms with Crippen molar-refractivity contribution in [3.8, 4) is 22.4 Å². The van der Waals surface area contributed by atoms with Crippen LogP contribution in [0.5, 0.6) is 0 Å². The summed E-state index contributed by atoms with van der Waals surface area (Å²) in [5.74, 6) is 0.636. The Morgan fingerprint density at radius 3 is 2.53 bits per heavy atom. The quantitative estimate of drug-likeness (QED) is 0.242. The van der Waals surface area contributed by atoms with Gasteiger partial charge in [-0.05, 0) is 76.2 Å². The highest BCUT2D eigenvalue weighted by molar-refractivity contribution is 7.80. The summed E-state index contributed by atoms with van der Waals surface area (Å²) in [5, 5.41) is 4.85. The fourth-order valence-corrected chi connectivity index (χ4v) is 7.52. The monoisotopic (exact) mass is 501 g/mol. The van der Waals surface area contributed by atoms with E-state index in [2.05, 4.69) is 89.4 Å². The van der Waals surface area contributed by atoms with Crippen molar-refractivity contribution in [1.82, 2.24) is 4.98 Å². The summed E-state index contributed by atoms with van der Waals surface area (Å²) in [4.78, 5) is 7.19. The maximum atomic E-state index is 5.08. The molecule has 5 aromatic rings. The Labute approximate surface area is 216 Å². The minimum atomic E-state index is 0.0559. The van der Waals surface area contributed by atoms with Crippen molar-refractivity contribution >= 4 is 55.5 Å². The van der Waals surface area contributed by atoms with Crippen LogP contribution in [0.1, 0.15) is 50.6 Å². The van der Waals surface area contributed by atoms with Crippen molar-refractivity contribution in [2.24, 2.45) is 5.92 Å². The lowest BCUT2D eigenvalue weighted by Gasteiger charge is -2.21. The summed E-state index contributed by atoms with van der Waals surface area (Å²) >= 11 is 8.81. The second-order valence-corrected chi connectivity index (χ2v) is 13.2. The van der Waals surface area contributed by atoms with Gasteiger partial charge in [-0.3, -0.25) is 4.98 Å². The van der Waals surface area contributed by atoms with E-state index in [0.717, 1.165) is 28.1 Å². The highest BCUT2D eigenvalue weighted by Gasteiger charge is 2.21. The highest BCUT2D eigenvalue weighted by atomic mass is 32.1. The van der Waals surface area contributed by atoms with Crippen LogP contribution in [-0.4, -0.2) is 4.98 Å². The van der Waals surface area contributed by atoms with Crippen molar-refractivity contribution in [2.75, 3.05) is 0 Å². The van der Waals surface area contributed by atoms with Crippen LogP contribution in [0.15, 0.2) is 58.9 Å². The molecule has 0 radical (unpaired) electrons. The van der Waals surface area contributed by atoms with E-state index in [9.17, 15) is 0 Å². The van der Waals surface area contributed by atoms with Crippen LogP contribution in [0.2, 0.25) is 0 Å². The summed E-state index contributed by atoms with van der Waals surface area (Å²) in [6, 6.07) is 15.6. The van der Waals surface area contributed by atoms with Crippen LogP contribution in [0, 0.1) is 12.8 Å². The van der Waals surface area contributed by atoms with E-state index < -0.39 is 0 Å². The van der Waals surface area contributed by atoms with Gasteiger partial charge in [-0.1, -0.05) is 52.8 Å². The molecule has 0 spiro atoms. The molecule has 0 aliphatic rings. The van der Waals surface area contributed by atoms with E-state index in [1.165, 1.54) is 41.7 Å². The molecular weight excluding hydrogens is 471 g/mol. The van der Waals surface area contributed by atoms with Crippen LogP contribution >= 0.6 is 35.3 Å². The SMILES string of the molecule is Cc1sc2c(-c3ccnc(-c4cc(C(C)(C)C)c5sccc5c4)c3S)cccc2c1CC(C)C. The molecule has 1 nitrogen and oxygen atoms in total. The lowest BCUT2D eigenvalue weighted by molar-refractivity contribution is 0.597. The van der Waals surface area contributed by atoms with Gasteiger partial charge in [0.2, 0.25) is 0 Å². The average Bonchev–Trinajstić information content (AvgIpc) is 3.36. The van der Waals surface area contributed by atoms with E-state index in [-0.39, 0.29) is 5.41 Å². The van der Waals surface area contributed by atoms with E-state index in [1.807, 2.05) is 28.9 Å². The first-order valence-corrected chi connectivity index (χ1v) is 14.0. The molecule has 0 saturated carbocycles. The number of rotatable bonds is 4. The van der Waals surface area contributed by atoms with Gasteiger partial charge in [0.1, 0.15) is 0 Å². The first-order valence-electron chi connectivity index (χ1n) is 11.9. The van der Waals surface area contributed by atoms with Crippen molar-refractivity contribution in [2.45, 2.75) is 58.3 Å². The van der Waals surface area contributed by atoms with Gasteiger partial charge >= 0.3 is 0 Å². The molecule has 4 heteroatoms. The van der Waals surface area contributed by atoms with Gasteiger partial charge in [0.05, 0.1) is 5.69 Å². The number of hydrogen-bond acceptors (Lipinski definition) is 4. The second kappa shape index (κ2) is 8.82. The number of fused-ring (bicyclic) bond motifs is 2. The molecule has 0 aliphatic heterocycles. The van der Waals surface area contributed by atoms with Crippen LogP contribution < -0.4 is 0 Å². The molecule has 3 aromatic heterocycles.